The van der Waals surface area contributed by atoms with Crippen LogP contribution in [0.15, 0.2) is 72.8 Å². The molecule has 4 aromatic rings. The lowest BCUT2D eigenvalue weighted by molar-refractivity contribution is -0.384. The highest BCUT2D eigenvalue weighted by molar-refractivity contribution is 5.94. The summed E-state index contributed by atoms with van der Waals surface area (Å²) >= 11 is 0. The molecular formula is C24H23N3O2. The van der Waals surface area contributed by atoms with Gasteiger partial charge in [0, 0.05) is 23.1 Å². The van der Waals surface area contributed by atoms with Crippen molar-refractivity contribution in [2.75, 3.05) is 0 Å². The summed E-state index contributed by atoms with van der Waals surface area (Å²) in [6.07, 6.45) is 0. The van der Waals surface area contributed by atoms with Gasteiger partial charge in [-0.15, -0.1) is 0 Å². The second-order valence-electron chi connectivity index (χ2n) is 8.28. The highest BCUT2D eigenvalue weighted by Crippen LogP contribution is 2.31. The number of nitro benzene ring substituents is 1. The third kappa shape index (κ3) is 3.76. The molecule has 5 nitrogen and oxygen atoms in total. The summed E-state index contributed by atoms with van der Waals surface area (Å²) in [7, 11) is 0. The van der Waals surface area contributed by atoms with Gasteiger partial charge in [-0.1, -0.05) is 75.4 Å². The van der Waals surface area contributed by atoms with Crippen LogP contribution < -0.4 is 0 Å². The van der Waals surface area contributed by atoms with E-state index in [0.29, 0.717) is 6.54 Å². The van der Waals surface area contributed by atoms with Gasteiger partial charge in [0.2, 0.25) is 0 Å². The van der Waals surface area contributed by atoms with E-state index in [2.05, 4.69) is 45.0 Å². The number of hydrogen-bond donors (Lipinski definition) is 0. The number of rotatable bonds is 4. The third-order valence-corrected chi connectivity index (χ3v) is 5.14. The Hall–Kier alpha value is -3.47. The predicted molar refractivity (Wildman–Crippen MR) is 116 cm³/mol. The number of nitrogens with zero attached hydrogens (tertiary/aromatic N) is 3. The van der Waals surface area contributed by atoms with Crippen LogP contribution in [0.2, 0.25) is 0 Å². The van der Waals surface area contributed by atoms with E-state index in [1.165, 1.54) is 11.6 Å². The fourth-order valence-corrected chi connectivity index (χ4v) is 3.49. The molecule has 29 heavy (non-hydrogen) atoms. The topological polar surface area (TPSA) is 61.0 Å². The SMILES string of the molecule is CC(C)(C)c1ccc(Cn2nc(-c3ccccc3)c3cc([N+](=O)[O-])ccc32)cc1. The first-order valence-corrected chi connectivity index (χ1v) is 9.63. The van der Waals surface area contributed by atoms with Crippen molar-refractivity contribution in [1.82, 2.24) is 9.78 Å². The van der Waals surface area contributed by atoms with Gasteiger partial charge >= 0.3 is 0 Å². The number of aromatic nitrogens is 2. The first-order valence-electron chi connectivity index (χ1n) is 9.63. The van der Waals surface area contributed by atoms with Crippen molar-refractivity contribution in [3.05, 3.63) is 94.0 Å². The van der Waals surface area contributed by atoms with Crippen LogP contribution in [0.3, 0.4) is 0 Å². The molecule has 0 atom stereocenters. The minimum absolute atomic E-state index is 0.0729. The molecule has 0 aliphatic carbocycles. The average molecular weight is 385 g/mol. The van der Waals surface area contributed by atoms with E-state index in [1.54, 1.807) is 12.1 Å². The molecule has 1 aromatic heterocycles. The first kappa shape index (κ1) is 18.9. The molecular weight excluding hydrogens is 362 g/mol. The molecule has 0 unspecified atom stereocenters. The van der Waals surface area contributed by atoms with Crippen molar-refractivity contribution in [1.29, 1.82) is 0 Å². The minimum atomic E-state index is -0.364. The second kappa shape index (κ2) is 7.17. The number of hydrogen-bond acceptors (Lipinski definition) is 3. The van der Waals surface area contributed by atoms with Crippen LogP contribution in [0.1, 0.15) is 31.9 Å². The van der Waals surface area contributed by atoms with Crippen LogP contribution in [0.25, 0.3) is 22.2 Å². The van der Waals surface area contributed by atoms with Gasteiger partial charge in [-0.25, -0.2) is 0 Å². The highest BCUT2D eigenvalue weighted by Gasteiger charge is 2.17. The lowest BCUT2D eigenvalue weighted by Crippen LogP contribution is -2.11. The van der Waals surface area contributed by atoms with Crippen LogP contribution in [0, 0.1) is 10.1 Å². The summed E-state index contributed by atoms with van der Waals surface area (Å²) in [4.78, 5) is 10.9. The van der Waals surface area contributed by atoms with Gasteiger partial charge in [-0.05, 0) is 22.6 Å². The van der Waals surface area contributed by atoms with Crippen LogP contribution in [0.5, 0.6) is 0 Å². The Morgan fingerprint density at radius 3 is 2.28 bits per heavy atom. The van der Waals surface area contributed by atoms with Crippen molar-refractivity contribution < 1.29 is 4.92 Å². The Balaban J connectivity index is 1.79. The van der Waals surface area contributed by atoms with Gasteiger partial charge in [-0.2, -0.15) is 5.10 Å². The molecule has 5 heteroatoms. The Kier molecular flexibility index (Phi) is 4.66. The van der Waals surface area contributed by atoms with Gasteiger partial charge < -0.3 is 0 Å². The standard InChI is InChI=1S/C24H23N3O2/c1-24(2,3)19-11-9-17(10-12-19)16-26-22-14-13-20(27(28)29)15-21(22)23(25-26)18-7-5-4-6-8-18/h4-15H,16H2,1-3H3. The van der Waals surface area contributed by atoms with E-state index in [4.69, 9.17) is 5.10 Å². The molecule has 0 aliphatic heterocycles. The van der Waals surface area contributed by atoms with Gasteiger partial charge in [0.25, 0.3) is 5.69 Å². The van der Waals surface area contributed by atoms with E-state index < -0.39 is 0 Å². The Morgan fingerprint density at radius 1 is 0.966 bits per heavy atom. The molecule has 0 spiro atoms. The van der Waals surface area contributed by atoms with Gasteiger partial charge in [-0.3, -0.25) is 14.8 Å². The van der Waals surface area contributed by atoms with E-state index in [1.807, 2.05) is 35.0 Å². The van der Waals surface area contributed by atoms with Crippen molar-refractivity contribution >= 4 is 16.6 Å². The molecule has 0 aliphatic rings. The molecule has 3 aromatic carbocycles. The largest absolute Gasteiger partial charge is 0.270 e. The molecule has 0 fully saturated rings. The fraction of sp³-hybridized carbons (Fsp3) is 0.208. The summed E-state index contributed by atoms with van der Waals surface area (Å²) in [5, 5.41) is 16.9. The molecule has 0 radical (unpaired) electrons. The zero-order valence-corrected chi connectivity index (χ0v) is 16.8. The van der Waals surface area contributed by atoms with Crippen LogP contribution in [-0.2, 0) is 12.0 Å². The maximum absolute atomic E-state index is 11.3. The molecule has 146 valence electrons. The normalized spacial score (nSPS) is 11.7. The number of non-ortho nitro benzene ring substituents is 1. The zero-order chi connectivity index (χ0) is 20.6. The first-order chi connectivity index (χ1) is 13.8. The minimum Gasteiger partial charge on any atom is -0.260 e. The van der Waals surface area contributed by atoms with Gasteiger partial charge in [0.05, 0.1) is 17.0 Å². The number of benzene rings is 3. The van der Waals surface area contributed by atoms with Crippen molar-refractivity contribution in [3.63, 3.8) is 0 Å². The number of fused-ring (bicyclic) bond motifs is 1. The number of nitro groups is 1. The Bertz CT molecular complexity index is 1170. The molecule has 4 rings (SSSR count). The molecule has 0 bridgehead atoms. The zero-order valence-electron chi connectivity index (χ0n) is 16.8. The fourth-order valence-electron chi connectivity index (χ4n) is 3.49. The Labute approximate surface area is 169 Å². The molecule has 0 N–H and O–H groups in total. The summed E-state index contributed by atoms with van der Waals surface area (Å²) in [5.74, 6) is 0. The summed E-state index contributed by atoms with van der Waals surface area (Å²) in [6, 6.07) is 23.3. The van der Waals surface area contributed by atoms with Crippen molar-refractivity contribution in [2.24, 2.45) is 0 Å². The summed E-state index contributed by atoms with van der Waals surface area (Å²) in [6.45, 7) is 7.19. The van der Waals surface area contributed by atoms with Crippen LogP contribution >= 0.6 is 0 Å². The molecule has 0 saturated carbocycles. The van der Waals surface area contributed by atoms with Crippen molar-refractivity contribution in [2.45, 2.75) is 32.7 Å². The summed E-state index contributed by atoms with van der Waals surface area (Å²) < 4.78 is 1.92. The quantitative estimate of drug-likeness (QED) is 0.322. The molecule has 1 heterocycles. The smallest absolute Gasteiger partial charge is 0.260 e. The van der Waals surface area contributed by atoms with E-state index in [0.717, 1.165) is 27.7 Å². The van der Waals surface area contributed by atoms with Crippen molar-refractivity contribution in [3.8, 4) is 11.3 Å². The maximum atomic E-state index is 11.3. The highest BCUT2D eigenvalue weighted by atomic mass is 16.6. The predicted octanol–water partition coefficient (Wildman–Crippen LogP) is 5.96. The van der Waals surface area contributed by atoms with Gasteiger partial charge in [0.1, 0.15) is 5.69 Å². The Morgan fingerprint density at radius 2 is 1.66 bits per heavy atom. The van der Waals surface area contributed by atoms with E-state index >= 15 is 0 Å². The van der Waals surface area contributed by atoms with E-state index in [-0.39, 0.29) is 16.0 Å². The average Bonchev–Trinajstić information content (AvgIpc) is 3.06. The second-order valence-corrected chi connectivity index (χ2v) is 8.28. The maximum Gasteiger partial charge on any atom is 0.270 e. The molecule has 0 amide bonds. The van der Waals surface area contributed by atoms with Crippen LogP contribution in [-0.4, -0.2) is 14.7 Å². The lowest BCUT2D eigenvalue weighted by atomic mass is 9.87. The van der Waals surface area contributed by atoms with Gasteiger partial charge in [0.15, 0.2) is 0 Å². The summed E-state index contributed by atoms with van der Waals surface area (Å²) in [5.41, 5.74) is 5.19. The monoisotopic (exact) mass is 385 g/mol. The molecule has 0 saturated heterocycles. The third-order valence-electron chi connectivity index (χ3n) is 5.14. The van der Waals surface area contributed by atoms with E-state index in [9.17, 15) is 10.1 Å². The van der Waals surface area contributed by atoms with Crippen LogP contribution in [0.4, 0.5) is 5.69 Å². The lowest BCUT2D eigenvalue weighted by Gasteiger charge is -2.19.